The van der Waals surface area contributed by atoms with Crippen LogP contribution in [0, 0.1) is 10.1 Å². The van der Waals surface area contributed by atoms with Gasteiger partial charge in [0.05, 0.1) is 18.0 Å². The van der Waals surface area contributed by atoms with Crippen molar-refractivity contribution >= 4 is 17.9 Å². The van der Waals surface area contributed by atoms with Gasteiger partial charge in [-0.3, -0.25) is 19.8 Å². The molecular weight excluding hydrogens is 224 g/mol. The second-order valence-electron chi connectivity index (χ2n) is 3.82. The van der Waals surface area contributed by atoms with Gasteiger partial charge in [-0.05, 0) is 0 Å². The average Bonchev–Trinajstić information content (AvgIpc) is 2.39. The summed E-state index contributed by atoms with van der Waals surface area (Å²) in [7, 11) is 0. The fraction of sp³-hybridized carbons (Fsp3) is 0.400. The number of H-pyrrole nitrogens is 1. The summed E-state index contributed by atoms with van der Waals surface area (Å²) in [4.78, 5) is 27.3. The number of amides is 1. The van der Waals surface area contributed by atoms with E-state index in [9.17, 15) is 14.9 Å². The van der Waals surface area contributed by atoms with Gasteiger partial charge in [0.2, 0.25) is 6.41 Å². The van der Waals surface area contributed by atoms with Crippen LogP contribution in [0.15, 0.2) is 18.3 Å². The number of nitrogens with zero attached hydrogens (tertiary/aromatic N) is 3. The van der Waals surface area contributed by atoms with Crippen molar-refractivity contribution in [3.63, 3.8) is 0 Å². The minimum atomic E-state index is -0.440. The standard InChI is InChI=1S/C10H12N4O3/c15-8-12-3-5-13(6-4-12)10-2-1-9(7-11-10)14(16)17/h1-2,7-8H,3-6H2/p+1. The lowest BCUT2D eigenvalue weighted by molar-refractivity contribution is -0.414. The Bertz CT molecular complexity index is 412. The summed E-state index contributed by atoms with van der Waals surface area (Å²) in [5.74, 6) is 0.834. The van der Waals surface area contributed by atoms with Crippen molar-refractivity contribution in [2.75, 3.05) is 31.1 Å². The second-order valence-corrected chi connectivity index (χ2v) is 3.82. The van der Waals surface area contributed by atoms with Gasteiger partial charge in [-0.2, -0.15) is 0 Å². The van der Waals surface area contributed by atoms with Crippen molar-refractivity contribution in [2.45, 2.75) is 0 Å². The highest BCUT2D eigenvalue weighted by molar-refractivity contribution is 5.48. The Labute approximate surface area is 97.8 Å². The van der Waals surface area contributed by atoms with Crippen LogP contribution < -0.4 is 9.88 Å². The van der Waals surface area contributed by atoms with Crippen LogP contribution in [0.1, 0.15) is 0 Å². The molecule has 1 N–H and O–H groups in total. The van der Waals surface area contributed by atoms with E-state index >= 15 is 0 Å². The number of aromatic amines is 1. The molecule has 1 aliphatic heterocycles. The first kappa shape index (κ1) is 11.3. The number of anilines is 1. The highest BCUT2D eigenvalue weighted by Gasteiger charge is 2.23. The van der Waals surface area contributed by atoms with E-state index < -0.39 is 4.92 Å². The van der Waals surface area contributed by atoms with E-state index in [0.29, 0.717) is 13.1 Å². The quantitative estimate of drug-likeness (QED) is 0.410. The lowest BCUT2D eigenvalue weighted by Crippen LogP contribution is -2.47. The normalized spacial score (nSPS) is 15.8. The zero-order chi connectivity index (χ0) is 12.3. The number of hydrogen-bond donors (Lipinski definition) is 0. The van der Waals surface area contributed by atoms with Crippen LogP contribution in [-0.4, -0.2) is 42.4 Å². The summed E-state index contributed by atoms with van der Waals surface area (Å²) >= 11 is 0. The minimum absolute atomic E-state index is 0.0419. The molecule has 0 unspecified atom stereocenters. The minimum Gasteiger partial charge on any atom is -0.337 e. The molecule has 0 saturated carbocycles. The van der Waals surface area contributed by atoms with Gasteiger partial charge in [0.15, 0.2) is 6.20 Å². The number of aromatic nitrogens is 1. The number of piperazine rings is 1. The molecule has 0 bridgehead atoms. The van der Waals surface area contributed by atoms with Gasteiger partial charge in [0.1, 0.15) is 13.1 Å². The molecular formula is C10H13N4O3+. The summed E-state index contributed by atoms with van der Waals surface area (Å²) < 4.78 is 0. The highest BCUT2D eigenvalue weighted by atomic mass is 16.6. The molecule has 0 radical (unpaired) electrons. The number of pyridine rings is 1. The van der Waals surface area contributed by atoms with Crippen LogP contribution in [0.4, 0.5) is 11.5 Å². The predicted molar refractivity (Wildman–Crippen MR) is 59.5 cm³/mol. The SMILES string of the molecule is O=CN1CCN(c2ccc([N+](=O)[O-])c[nH+]2)CC1. The van der Waals surface area contributed by atoms with Crippen LogP contribution in [0.5, 0.6) is 0 Å². The predicted octanol–water partition coefficient (Wildman–Crippen LogP) is -0.313. The summed E-state index contributed by atoms with van der Waals surface area (Å²) in [6.07, 6.45) is 2.22. The molecule has 7 heteroatoms. The smallest absolute Gasteiger partial charge is 0.308 e. The molecule has 2 heterocycles. The molecule has 1 aliphatic rings. The Kier molecular flexibility index (Phi) is 3.17. The number of carbonyl (C=O) groups is 1. The third-order valence-electron chi connectivity index (χ3n) is 2.79. The molecule has 7 nitrogen and oxygen atoms in total. The van der Waals surface area contributed by atoms with Crippen LogP contribution >= 0.6 is 0 Å². The van der Waals surface area contributed by atoms with Gasteiger partial charge < -0.3 is 4.90 Å². The lowest BCUT2D eigenvalue weighted by atomic mass is 10.3. The Hall–Kier alpha value is -2.18. The topological polar surface area (TPSA) is 80.8 Å². The van der Waals surface area contributed by atoms with Gasteiger partial charge in [-0.15, -0.1) is 0 Å². The molecule has 90 valence electrons. The monoisotopic (exact) mass is 237 g/mol. The van der Waals surface area contributed by atoms with E-state index in [0.717, 1.165) is 25.3 Å². The maximum absolute atomic E-state index is 10.5. The Balaban J connectivity index is 2.03. The Morgan fingerprint density at radius 2 is 2.00 bits per heavy atom. The van der Waals surface area contributed by atoms with Crippen molar-refractivity contribution in [1.82, 2.24) is 4.90 Å². The number of nitro groups is 1. The zero-order valence-electron chi connectivity index (χ0n) is 9.20. The maximum atomic E-state index is 10.5. The molecule has 1 saturated heterocycles. The largest absolute Gasteiger partial charge is 0.337 e. The van der Waals surface area contributed by atoms with Gasteiger partial charge in [-0.1, -0.05) is 0 Å². The number of rotatable bonds is 3. The molecule has 1 aromatic heterocycles. The number of nitrogens with one attached hydrogen (secondary N) is 1. The van der Waals surface area contributed by atoms with E-state index in [1.807, 2.05) is 0 Å². The van der Waals surface area contributed by atoms with Gasteiger partial charge in [0, 0.05) is 12.1 Å². The van der Waals surface area contributed by atoms with Crippen molar-refractivity contribution < 1.29 is 14.7 Å². The van der Waals surface area contributed by atoms with Crippen molar-refractivity contribution in [3.05, 3.63) is 28.4 Å². The van der Waals surface area contributed by atoms with Crippen LogP contribution in [0.2, 0.25) is 0 Å². The molecule has 1 amide bonds. The summed E-state index contributed by atoms with van der Waals surface area (Å²) in [5, 5.41) is 10.5. The number of carbonyl (C=O) groups excluding carboxylic acids is 1. The van der Waals surface area contributed by atoms with Gasteiger partial charge in [-0.25, -0.2) is 4.98 Å². The Morgan fingerprint density at radius 1 is 1.29 bits per heavy atom. The molecule has 1 aromatic rings. The lowest BCUT2D eigenvalue weighted by Gasteiger charge is -2.27. The zero-order valence-corrected chi connectivity index (χ0v) is 9.20. The first-order valence-electron chi connectivity index (χ1n) is 5.31. The molecule has 0 spiro atoms. The van der Waals surface area contributed by atoms with Crippen molar-refractivity contribution in [1.29, 1.82) is 0 Å². The van der Waals surface area contributed by atoms with Gasteiger partial charge in [0.25, 0.3) is 5.82 Å². The fourth-order valence-corrected chi connectivity index (χ4v) is 1.79. The first-order chi connectivity index (χ1) is 8.20. The van der Waals surface area contributed by atoms with Crippen molar-refractivity contribution in [3.8, 4) is 0 Å². The highest BCUT2D eigenvalue weighted by Crippen LogP contribution is 2.13. The summed E-state index contributed by atoms with van der Waals surface area (Å²) in [6.45, 7) is 2.81. The van der Waals surface area contributed by atoms with E-state index in [4.69, 9.17) is 0 Å². The second kappa shape index (κ2) is 4.77. The molecule has 1 fully saturated rings. The molecule has 0 aliphatic carbocycles. The summed E-state index contributed by atoms with van der Waals surface area (Å²) in [6, 6.07) is 3.16. The average molecular weight is 237 g/mol. The van der Waals surface area contributed by atoms with E-state index in [1.165, 1.54) is 12.3 Å². The van der Waals surface area contributed by atoms with Gasteiger partial charge >= 0.3 is 5.69 Å². The van der Waals surface area contributed by atoms with E-state index in [2.05, 4.69) is 9.88 Å². The number of hydrogen-bond acceptors (Lipinski definition) is 4. The molecule has 2 rings (SSSR count). The Morgan fingerprint density at radius 3 is 2.47 bits per heavy atom. The molecule has 0 atom stereocenters. The van der Waals surface area contributed by atoms with Crippen LogP contribution in [0.3, 0.4) is 0 Å². The van der Waals surface area contributed by atoms with Crippen molar-refractivity contribution in [2.24, 2.45) is 0 Å². The van der Waals surface area contributed by atoms with E-state index in [-0.39, 0.29) is 5.69 Å². The molecule has 0 aromatic carbocycles. The summed E-state index contributed by atoms with van der Waals surface area (Å²) in [5.41, 5.74) is 0.0419. The first-order valence-corrected chi connectivity index (χ1v) is 5.31. The fourth-order valence-electron chi connectivity index (χ4n) is 1.79. The van der Waals surface area contributed by atoms with Crippen LogP contribution in [-0.2, 0) is 4.79 Å². The van der Waals surface area contributed by atoms with E-state index in [1.54, 1.807) is 11.0 Å². The third-order valence-corrected chi connectivity index (χ3v) is 2.79. The maximum Gasteiger partial charge on any atom is 0.308 e. The third kappa shape index (κ3) is 2.49. The molecule has 17 heavy (non-hydrogen) atoms. The van der Waals surface area contributed by atoms with Crippen LogP contribution in [0.25, 0.3) is 0 Å².